The fourth-order valence-electron chi connectivity index (χ4n) is 1.45. The zero-order valence-electron chi connectivity index (χ0n) is 10.3. The summed E-state index contributed by atoms with van der Waals surface area (Å²) >= 11 is 0. The number of hydrogen-bond donors (Lipinski definition) is 3. The molecule has 0 fully saturated rings. The van der Waals surface area contributed by atoms with Gasteiger partial charge in [-0.25, -0.2) is 0 Å². The van der Waals surface area contributed by atoms with Crippen LogP contribution in [-0.4, -0.2) is 30.4 Å². The highest BCUT2D eigenvalue weighted by atomic mass is 16.2. The summed E-state index contributed by atoms with van der Waals surface area (Å²) in [4.78, 5) is 33.3. The molecule has 0 unspecified atom stereocenters. The van der Waals surface area contributed by atoms with E-state index in [0.29, 0.717) is 19.0 Å². The summed E-state index contributed by atoms with van der Waals surface area (Å²) in [6.45, 7) is 0.315. The number of carbonyl (C=O) groups excluding carboxylic acids is 3. The number of hydrogen-bond acceptors (Lipinski definition) is 4. The lowest BCUT2D eigenvalue weighted by molar-refractivity contribution is -0.127. The Bertz CT molecular complexity index is 459. The van der Waals surface area contributed by atoms with Crippen LogP contribution in [0.15, 0.2) is 30.3 Å². The first-order valence-corrected chi connectivity index (χ1v) is 5.73. The van der Waals surface area contributed by atoms with Crippen LogP contribution in [0.3, 0.4) is 0 Å². The monoisotopic (exact) mass is 261 g/mol. The summed E-state index contributed by atoms with van der Waals surface area (Å²) in [7, 11) is 0. The summed E-state index contributed by atoms with van der Waals surface area (Å²) in [5, 5.41) is 11.7. The summed E-state index contributed by atoms with van der Waals surface area (Å²) < 4.78 is 0. The van der Waals surface area contributed by atoms with Crippen molar-refractivity contribution in [2.45, 2.75) is 19.0 Å². The van der Waals surface area contributed by atoms with E-state index >= 15 is 0 Å². The Hall–Kier alpha value is -2.50. The molecule has 1 rings (SSSR count). The lowest BCUT2D eigenvalue weighted by atomic mass is 10.2. The van der Waals surface area contributed by atoms with Gasteiger partial charge in [-0.1, -0.05) is 30.3 Å². The van der Waals surface area contributed by atoms with Crippen LogP contribution in [0.2, 0.25) is 0 Å². The molecular weight excluding hydrogens is 246 g/mol. The van der Waals surface area contributed by atoms with Crippen molar-refractivity contribution < 1.29 is 14.4 Å². The van der Waals surface area contributed by atoms with E-state index in [9.17, 15) is 14.4 Å². The van der Waals surface area contributed by atoms with Crippen molar-refractivity contribution >= 4 is 24.3 Å². The molecule has 6 nitrogen and oxygen atoms in total. The lowest BCUT2D eigenvalue weighted by Crippen LogP contribution is -2.47. The molecule has 2 amide bonds. The van der Waals surface area contributed by atoms with Gasteiger partial charge < -0.3 is 20.8 Å². The van der Waals surface area contributed by atoms with E-state index in [1.807, 2.05) is 30.3 Å². The summed E-state index contributed by atoms with van der Waals surface area (Å²) in [6.07, 6.45) is 0.986. The Morgan fingerprint density at radius 3 is 2.53 bits per heavy atom. The summed E-state index contributed by atoms with van der Waals surface area (Å²) in [6, 6.07) is 8.32. The molecule has 100 valence electrons. The number of nitrogens with one attached hydrogen (secondary N) is 3. The fourth-order valence-corrected chi connectivity index (χ4v) is 1.45. The van der Waals surface area contributed by atoms with E-state index in [1.165, 1.54) is 0 Å². The molecule has 0 heterocycles. The van der Waals surface area contributed by atoms with E-state index in [1.54, 1.807) is 0 Å². The SMILES string of the molecule is N=CC(=O)N[C@H](CC=O)C(=O)NCc1ccccc1. The Kier molecular flexibility index (Phi) is 5.94. The molecule has 0 radical (unpaired) electrons. The predicted molar refractivity (Wildman–Crippen MR) is 69.7 cm³/mol. The van der Waals surface area contributed by atoms with Crippen molar-refractivity contribution in [3.05, 3.63) is 35.9 Å². The highest BCUT2D eigenvalue weighted by Crippen LogP contribution is 1.98. The average Bonchev–Trinajstić information content (AvgIpc) is 2.45. The third kappa shape index (κ3) is 5.12. The summed E-state index contributed by atoms with van der Waals surface area (Å²) in [5.74, 6) is -1.16. The van der Waals surface area contributed by atoms with Gasteiger partial charge in [-0.2, -0.15) is 0 Å². The second kappa shape index (κ2) is 7.75. The standard InChI is InChI=1S/C13H15N3O3/c14-8-12(18)16-11(6-7-17)13(19)15-9-10-4-2-1-3-5-10/h1-5,7-8,11,14H,6,9H2,(H,15,19)(H,16,18)/t11-/m1/s1. The molecule has 0 aromatic heterocycles. The van der Waals surface area contributed by atoms with Gasteiger partial charge in [-0.15, -0.1) is 0 Å². The van der Waals surface area contributed by atoms with Gasteiger partial charge in [0.2, 0.25) is 5.91 Å². The molecule has 1 aromatic rings. The topological polar surface area (TPSA) is 99.1 Å². The zero-order chi connectivity index (χ0) is 14.1. The Labute approximate surface area is 110 Å². The molecule has 1 atom stereocenters. The minimum absolute atomic E-state index is 0.125. The third-order valence-corrected chi connectivity index (χ3v) is 2.41. The molecule has 1 aromatic carbocycles. The van der Waals surface area contributed by atoms with Crippen LogP contribution in [-0.2, 0) is 20.9 Å². The van der Waals surface area contributed by atoms with Gasteiger partial charge in [0, 0.05) is 13.0 Å². The molecule has 0 aliphatic carbocycles. The second-order valence-corrected chi connectivity index (χ2v) is 3.81. The highest BCUT2D eigenvalue weighted by Gasteiger charge is 2.19. The maximum absolute atomic E-state index is 11.8. The third-order valence-electron chi connectivity index (χ3n) is 2.41. The first-order chi connectivity index (χ1) is 9.17. The number of benzene rings is 1. The quantitative estimate of drug-likeness (QED) is 0.477. The van der Waals surface area contributed by atoms with Crippen LogP contribution in [0.5, 0.6) is 0 Å². The van der Waals surface area contributed by atoms with Crippen LogP contribution < -0.4 is 10.6 Å². The molecule has 0 aliphatic heterocycles. The minimum atomic E-state index is -0.949. The van der Waals surface area contributed by atoms with E-state index in [4.69, 9.17) is 5.41 Å². The van der Waals surface area contributed by atoms with Crippen LogP contribution >= 0.6 is 0 Å². The van der Waals surface area contributed by atoms with Crippen molar-refractivity contribution in [2.24, 2.45) is 0 Å². The molecule has 0 bridgehead atoms. The maximum Gasteiger partial charge on any atom is 0.262 e. The van der Waals surface area contributed by atoms with Crippen LogP contribution in [0.25, 0.3) is 0 Å². The Morgan fingerprint density at radius 1 is 1.26 bits per heavy atom. The van der Waals surface area contributed by atoms with Crippen molar-refractivity contribution in [3.63, 3.8) is 0 Å². The van der Waals surface area contributed by atoms with Crippen LogP contribution in [0, 0.1) is 5.41 Å². The van der Waals surface area contributed by atoms with Crippen molar-refractivity contribution in [1.82, 2.24) is 10.6 Å². The van der Waals surface area contributed by atoms with Crippen molar-refractivity contribution in [1.29, 1.82) is 5.41 Å². The molecule has 0 spiro atoms. The Morgan fingerprint density at radius 2 is 1.95 bits per heavy atom. The van der Waals surface area contributed by atoms with Gasteiger partial charge in [0.25, 0.3) is 5.91 Å². The smallest absolute Gasteiger partial charge is 0.262 e. The first kappa shape index (κ1) is 14.6. The molecular formula is C13H15N3O3. The maximum atomic E-state index is 11.8. The van der Waals surface area contributed by atoms with Crippen molar-refractivity contribution in [2.75, 3.05) is 0 Å². The van der Waals surface area contributed by atoms with Gasteiger partial charge in [-0.05, 0) is 5.56 Å². The zero-order valence-corrected chi connectivity index (χ0v) is 10.3. The number of rotatable bonds is 7. The van der Waals surface area contributed by atoms with Crippen LogP contribution in [0.4, 0.5) is 0 Å². The van der Waals surface area contributed by atoms with Crippen LogP contribution in [0.1, 0.15) is 12.0 Å². The predicted octanol–water partition coefficient (Wildman–Crippen LogP) is 0.0262. The fraction of sp³-hybridized carbons (Fsp3) is 0.231. The van der Waals surface area contributed by atoms with Gasteiger partial charge in [0.15, 0.2) is 0 Å². The molecule has 6 heteroatoms. The van der Waals surface area contributed by atoms with Gasteiger partial charge >= 0.3 is 0 Å². The highest BCUT2D eigenvalue weighted by molar-refractivity contribution is 6.25. The molecule has 0 saturated carbocycles. The van der Waals surface area contributed by atoms with Gasteiger partial charge in [0.05, 0.1) is 6.21 Å². The lowest BCUT2D eigenvalue weighted by Gasteiger charge is -2.15. The van der Waals surface area contributed by atoms with E-state index in [0.717, 1.165) is 5.56 Å². The molecule has 0 saturated heterocycles. The van der Waals surface area contributed by atoms with Gasteiger partial charge in [-0.3, -0.25) is 9.59 Å². The Balaban J connectivity index is 2.54. The van der Waals surface area contributed by atoms with E-state index in [-0.39, 0.29) is 6.42 Å². The van der Waals surface area contributed by atoms with E-state index < -0.39 is 17.9 Å². The van der Waals surface area contributed by atoms with E-state index in [2.05, 4.69) is 10.6 Å². The summed E-state index contributed by atoms with van der Waals surface area (Å²) in [5.41, 5.74) is 0.916. The second-order valence-electron chi connectivity index (χ2n) is 3.81. The molecule has 0 aliphatic rings. The van der Waals surface area contributed by atoms with Gasteiger partial charge in [0.1, 0.15) is 12.3 Å². The number of carbonyl (C=O) groups is 3. The first-order valence-electron chi connectivity index (χ1n) is 5.73. The molecule has 19 heavy (non-hydrogen) atoms. The number of amides is 2. The minimum Gasteiger partial charge on any atom is -0.350 e. The number of aldehydes is 1. The normalized spacial score (nSPS) is 11.2. The van der Waals surface area contributed by atoms with Crippen molar-refractivity contribution in [3.8, 4) is 0 Å². The molecule has 3 N–H and O–H groups in total. The largest absolute Gasteiger partial charge is 0.350 e. The average molecular weight is 261 g/mol.